The number of nitrogens with zero attached hydrogens (tertiary/aromatic N) is 8. The maximum absolute atomic E-state index is 13.4. The first kappa shape index (κ1) is 17.7. The Morgan fingerprint density at radius 3 is 3.03 bits per heavy atom. The second kappa shape index (κ2) is 6.69. The van der Waals surface area contributed by atoms with Crippen LogP contribution in [0.2, 0.25) is 0 Å². The smallest absolute Gasteiger partial charge is 0.329 e. The molecule has 1 fully saturated rings. The number of nitrogens with one attached hydrogen (secondary N) is 2. The molecule has 2 aliphatic rings. The Hall–Kier alpha value is -4.15. The fraction of sp³-hybridized carbons (Fsp3) is 0.250. The molecule has 2 aliphatic heterocycles. The topological polar surface area (TPSA) is 129 Å². The number of aromatic amines is 1. The molecule has 1 atom stereocenters. The molecule has 154 valence electrons. The van der Waals surface area contributed by atoms with Crippen LogP contribution in [0, 0.1) is 6.92 Å². The van der Waals surface area contributed by atoms with Crippen LogP contribution in [-0.4, -0.2) is 60.5 Å². The van der Waals surface area contributed by atoms with E-state index in [-0.39, 0.29) is 12.1 Å². The second-order valence-corrected chi connectivity index (χ2v) is 7.63. The number of carbonyl (C=O) groups is 1. The highest BCUT2D eigenvalue weighted by Crippen LogP contribution is 2.40. The normalized spacial score (nSPS) is 17.1. The molecule has 6 rings (SSSR count). The molecule has 0 aromatic carbocycles. The lowest BCUT2D eigenvalue weighted by Crippen LogP contribution is -2.48. The molecule has 2 bridgehead atoms. The van der Waals surface area contributed by atoms with Crippen LogP contribution in [0.3, 0.4) is 0 Å². The van der Waals surface area contributed by atoms with Gasteiger partial charge >= 0.3 is 6.03 Å². The van der Waals surface area contributed by atoms with Gasteiger partial charge in [0, 0.05) is 30.5 Å². The number of hydrogen-bond acceptors (Lipinski definition) is 8. The number of pyridine rings is 2. The Bertz CT molecular complexity index is 1320. The van der Waals surface area contributed by atoms with E-state index in [1.807, 2.05) is 31.2 Å². The van der Waals surface area contributed by atoms with Crippen molar-refractivity contribution in [2.24, 2.45) is 0 Å². The van der Waals surface area contributed by atoms with Gasteiger partial charge in [0.05, 0.1) is 17.4 Å². The number of anilines is 3. The van der Waals surface area contributed by atoms with Gasteiger partial charge in [0.2, 0.25) is 5.65 Å². The van der Waals surface area contributed by atoms with E-state index in [0.717, 1.165) is 42.1 Å². The summed E-state index contributed by atoms with van der Waals surface area (Å²) >= 11 is 0. The van der Waals surface area contributed by atoms with Crippen LogP contribution in [0.25, 0.3) is 22.4 Å². The number of hydrogen-bond donors (Lipinski definition) is 2. The minimum atomic E-state index is -0.300. The number of fused-ring (bicyclic) bond motifs is 5. The van der Waals surface area contributed by atoms with Gasteiger partial charge in [-0.15, -0.1) is 5.10 Å². The van der Waals surface area contributed by atoms with E-state index in [0.29, 0.717) is 22.8 Å². The summed E-state index contributed by atoms with van der Waals surface area (Å²) in [5, 5.41) is 13.4. The van der Waals surface area contributed by atoms with Gasteiger partial charge in [-0.05, 0) is 37.6 Å². The highest BCUT2D eigenvalue weighted by Gasteiger charge is 2.40. The summed E-state index contributed by atoms with van der Waals surface area (Å²) in [6.45, 7) is 3.61. The number of urea groups is 1. The molecule has 4 aromatic rings. The molecule has 2 N–H and O–H groups in total. The zero-order chi connectivity index (χ0) is 20.9. The highest BCUT2D eigenvalue weighted by atomic mass is 16.2. The molecule has 0 saturated carbocycles. The van der Waals surface area contributed by atoms with E-state index in [1.165, 1.54) is 6.33 Å². The fourth-order valence-corrected chi connectivity index (χ4v) is 4.27. The number of amides is 2. The summed E-state index contributed by atoms with van der Waals surface area (Å²) in [5.41, 5.74) is 4.43. The van der Waals surface area contributed by atoms with Gasteiger partial charge in [-0.1, -0.05) is 0 Å². The van der Waals surface area contributed by atoms with Crippen LogP contribution in [0.1, 0.15) is 12.1 Å². The van der Waals surface area contributed by atoms with Gasteiger partial charge in [0.25, 0.3) is 0 Å². The summed E-state index contributed by atoms with van der Waals surface area (Å²) in [7, 11) is 0. The predicted molar refractivity (Wildman–Crippen MR) is 114 cm³/mol. The number of rotatable bonds is 2. The van der Waals surface area contributed by atoms with Gasteiger partial charge in [0.1, 0.15) is 6.33 Å². The summed E-state index contributed by atoms with van der Waals surface area (Å²) in [6, 6.07) is 7.67. The van der Waals surface area contributed by atoms with Crippen molar-refractivity contribution in [3.05, 3.63) is 42.5 Å². The quantitative estimate of drug-likeness (QED) is 0.510. The number of aryl methyl sites for hydroxylation is 1. The summed E-state index contributed by atoms with van der Waals surface area (Å²) in [6.07, 6.45) is 3.99. The number of H-pyrrole nitrogens is 1. The monoisotopic (exact) mass is 414 g/mol. The van der Waals surface area contributed by atoms with E-state index >= 15 is 0 Å². The molecular formula is C20H18N10O. The maximum atomic E-state index is 13.4. The molecular weight excluding hydrogens is 396 g/mol. The standard InChI is InChI=1S/C20H18N10O/c1-11-8-12(4-6-21-11)14-2-3-15-19(24-14)30(13-5-7-29(15)9-13)20(31)25-17-16-18(23-10-22-17)27-28-26-16/h2-4,6,8,10,13H,5,7,9H2,1H3,(H2,22,23,25,26,27,28,31)/t13-/m0/s1. The molecule has 31 heavy (non-hydrogen) atoms. The molecule has 0 unspecified atom stereocenters. The van der Waals surface area contributed by atoms with Gasteiger partial charge in [0.15, 0.2) is 17.2 Å². The minimum Gasteiger partial charge on any atom is -0.366 e. The van der Waals surface area contributed by atoms with Crippen molar-refractivity contribution in [1.82, 2.24) is 35.3 Å². The van der Waals surface area contributed by atoms with Crippen molar-refractivity contribution in [1.29, 1.82) is 0 Å². The van der Waals surface area contributed by atoms with Gasteiger partial charge < -0.3 is 4.90 Å². The van der Waals surface area contributed by atoms with Crippen molar-refractivity contribution in [3.63, 3.8) is 0 Å². The lowest BCUT2D eigenvalue weighted by Gasteiger charge is -2.35. The van der Waals surface area contributed by atoms with E-state index in [9.17, 15) is 4.79 Å². The third-order valence-electron chi connectivity index (χ3n) is 5.71. The molecule has 0 spiro atoms. The molecule has 4 aromatic heterocycles. The van der Waals surface area contributed by atoms with Crippen molar-refractivity contribution in [2.75, 3.05) is 28.2 Å². The molecule has 0 radical (unpaired) electrons. The average molecular weight is 414 g/mol. The van der Waals surface area contributed by atoms with Gasteiger partial charge in [-0.25, -0.2) is 19.7 Å². The lowest BCUT2D eigenvalue weighted by molar-refractivity contribution is 0.255. The predicted octanol–water partition coefficient (Wildman–Crippen LogP) is 2.14. The maximum Gasteiger partial charge on any atom is 0.329 e. The highest BCUT2D eigenvalue weighted by molar-refractivity contribution is 6.06. The first-order valence-corrected chi connectivity index (χ1v) is 9.98. The molecule has 11 heteroatoms. The molecule has 11 nitrogen and oxygen atoms in total. The lowest BCUT2D eigenvalue weighted by atomic mass is 10.1. The zero-order valence-electron chi connectivity index (χ0n) is 16.6. The number of aromatic nitrogens is 7. The summed E-state index contributed by atoms with van der Waals surface area (Å²) in [4.78, 5) is 34.8. The van der Waals surface area contributed by atoms with Crippen LogP contribution in [0.15, 0.2) is 36.8 Å². The molecule has 2 amide bonds. The Labute approximate surface area is 176 Å². The van der Waals surface area contributed by atoms with E-state index in [2.05, 4.69) is 40.6 Å². The first-order chi connectivity index (χ1) is 15.2. The van der Waals surface area contributed by atoms with Gasteiger partial charge in [-0.2, -0.15) is 10.3 Å². The Kier molecular flexibility index (Phi) is 3.82. The van der Waals surface area contributed by atoms with E-state index < -0.39 is 0 Å². The third kappa shape index (κ3) is 2.85. The largest absolute Gasteiger partial charge is 0.366 e. The Morgan fingerprint density at radius 1 is 1.19 bits per heavy atom. The average Bonchev–Trinajstić information content (AvgIpc) is 3.42. The third-order valence-corrected chi connectivity index (χ3v) is 5.71. The molecule has 0 aliphatic carbocycles. The van der Waals surface area contributed by atoms with Crippen molar-refractivity contribution in [2.45, 2.75) is 19.4 Å². The van der Waals surface area contributed by atoms with E-state index in [1.54, 1.807) is 11.1 Å². The first-order valence-electron chi connectivity index (χ1n) is 9.98. The fourth-order valence-electron chi connectivity index (χ4n) is 4.27. The van der Waals surface area contributed by atoms with Crippen LogP contribution in [0.5, 0.6) is 0 Å². The Morgan fingerprint density at radius 2 is 2.13 bits per heavy atom. The van der Waals surface area contributed by atoms with Crippen molar-refractivity contribution >= 4 is 34.5 Å². The zero-order valence-corrected chi connectivity index (χ0v) is 16.6. The SMILES string of the molecule is Cc1cc(-c2ccc3c(n2)N(C(=O)Nc2ncnc4n[nH]nc24)[C@H]2CCN3C2)ccn1. The number of carbonyl (C=O) groups excluding carboxylic acids is 1. The summed E-state index contributed by atoms with van der Waals surface area (Å²) < 4.78 is 0. The second-order valence-electron chi connectivity index (χ2n) is 7.63. The van der Waals surface area contributed by atoms with Crippen LogP contribution >= 0.6 is 0 Å². The van der Waals surface area contributed by atoms with Crippen LogP contribution in [0.4, 0.5) is 22.1 Å². The minimum absolute atomic E-state index is 0.0315. The van der Waals surface area contributed by atoms with Crippen molar-refractivity contribution < 1.29 is 4.79 Å². The molecule has 6 heterocycles. The van der Waals surface area contributed by atoms with Crippen molar-refractivity contribution in [3.8, 4) is 11.3 Å². The van der Waals surface area contributed by atoms with Crippen LogP contribution < -0.4 is 15.1 Å². The Balaban J connectivity index is 1.41. The molecule has 1 saturated heterocycles. The van der Waals surface area contributed by atoms with Gasteiger partial charge in [-0.3, -0.25) is 15.2 Å². The van der Waals surface area contributed by atoms with E-state index in [4.69, 9.17) is 4.98 Å². The van der Waals surface area contributed by atoms with Crippen LogP contribution in [-0.2, 0) is 0 Å². The summed E-state index contributed by atoms with van der Waals surface area (Å²) in [5.74, 6) is 0.954.